The lowest BCUT2D eigenvalue weighted by atomic mass is 9.85. The van der Waals surface area contributed by atoms with E-state index in [0.717, 1.165) is 12.0 Å². The van der Waals surface area contributed by atoms with Gasteiger partial charge in [0, 0.05) is 17.3 Å². The number of carbonyl (C=O) groups excluding carboxylic acids is 2. The van der Waals surface area contributed by atoms with Crippen LogP contribution in [0.15, 0.2) is 72.3 Å². The summed E-state index contributed by atoms with van der Waals surface area (Å²) in [6.45, 7) is 8.99. The van der Waals surface area contributed by atoms with Gasteiger partial charge in [-0.3, -0.25) is 14.5 Å². The van der Waals surface area contributed by atoms with Gasteiger partial charge in [-0.25, -0.2) is 0 Å². The van der Waals surface area contributed by atoms with Gasteiger partial charge in [-0.05, 0) is 53.3 Å². The molecule has 0 saturated carbocycles. The maximum Gasteiger partial charge on any atom is 0.300 e. The number of rotatable bonds is 6. The lowest BCUT2D eigenvalue weighted by Gasteiger charge is -2.27. The summed E-state index contributed by atoms with van der Waals surface area (Å²) in [4.78, 5) is 28.5. The van der Waals surface area contributed by atoms with Crippen LogP contribution in [0.1, 0.15) is 56.8 Å². The quantitative estimate of drug-likeness (QED) is 0.243. The normalized spacial score (nSPS) is 18.2. The smallest absolute Gasteiger partial charge is 0.300 e. The van der Waals surface area contributed by atoms with Gasteiger partial charge in [-0.1, -0.05) is 58.0 Å². The molecular weight excluding hydrogens is 482 g/mol. The minimum absolute atomic E-state index is 0.0113. The summed E-state index contributed by atoms with van der Waals surface area (Å²) in [5, 5.41) is 11.4. The highest BCUT2D eigenvalue weighted by Crippen LogP contribution is 2.44. The van der Waals surface area contributed by atoms with E-state index in [1.807, 2.05) is 37.3 Å². The SMILES string of the molecule is CCCOc1cccc(N2C(=O)C(=O)/C(=C(\O)c3ccc4c(c3)OCO4)C2c2ccc(C(C)(C)C)cc2)c1. The number of hydrogen-bond donors (Lipinski definition) is 1. The van der Waals surface area contributed by atoms with Gasteiger partial charge < -0.3 is 19.3 Å². The lowest BCUT2D eigenvalue weighted by Crippen LogP contribution is -2.29. The molecule has 0 spiro atoms. The number of aliphatic hydroxyl groups excluding tert-OH is 1. The Morgan fingerprint density at radius 2 is 1.74 bits per heavy atom. The Morgan fingerprint density at radius 3 is 2.45 bits per heavy atom. The van der Waals surface area contributed by atoms with Crippen molar-refractivity contribution in [1.29, 1.82) is 0 Å². The highest BCUT2D eigenvalue weighted by molar-refractivity contribution is 6.51. The van der Waals surface area contributed by atoms with E-state index in [0.29, 0.717) is 40.7 Å². The summed E-state index contributed by atoms with van der Waals surface area (Å²) in [6, 6.07) is 19.0. The first-order chi connectivity index (χ1) is 18.2. The second-order valence-electron chi connectivity index (χ2n) is 10.5. The van der Waals surface area contributed by atoms with Crippen molar-refractivity contribution >= 4 is 23.1 Å². The van der Waals surface area contributed by atoms with E-state index in [1.54, 1.807) is 36.4 Å². The molecule has 0 aliphatic carbocycles. The van der Waals surface area contributed by atoms with Gasteiger partial charge in [0.1, 0.15) is 11.5 Å². The topological polar surface area (TPSA) is 85.3 Å². The van der Waals surface area contributed by atoms with Crippen molar-refractivity contribution in [3.8, 4) is 17.2 Å². The predicted molar refractivity (Wildman–Crippen MR) is 145 cm³/mol. The number of benzene rings is 3. The molecule has 2 heterocycles. The number of ether oxygens (including phenoxy) is 3. The Balaban J connectivity index is 1.66. The van der Waals surface area contributed by atoms with Crippen LogP contribution in [-0.4, -0.2) is 30.2 Å². The number of ketones is 1. The van der Waals surface area contributed by atoms with E-state index < -0.39 is 17.7 Å². The van der Waals surface area contributed by atoms with Crippen molar-refractivity contribution in [2.24, 2.45) is 0 Å². The van der Waals surface area contributed by atoms with E-state index in [4.69, 9.17) is 14.2 Å². The second kappa shape index (κ2) is 9.89. The molecule has 7 nitrogen and oxygen atoms in total. The number of Topliss-reactive ketones (excluding diaryl/α,β-unsaturated/α-hetero) is 1. The minimum atomic E-state index is -0.837. The molecule has 0 bridgehead atoms. The molecule has 2 aliphatic heterocycles. The number of nitrogens with zero attached hydrogens (tertiary/aromatic N) is 1. The molecule has 38 heavy (non-hydrogen) atoms. The van der Waals surface area contributed by atoms with E-state index in [1.165, 1.54) is 4.90 Å². The van der Waals surface area contributed by atoms with E-state index in [2.05, 4.69) is 20.8 Å². The molecule has 1 atom stereocenters. The summed E-state index contributed by atoms with van der Waals surface area (Å²) in [6.07, 6.45) is 0.838. The Morgan fingerprint density at radius 1 is 1.00 bits per heavy atom. The van der Waals surface area contributed by atoms with Gasteiger partial charge >= 0.3 is 0 Å². The molecule has 1 amide bonds. The predicted octanol–water partition coefficient (Wildman–Crippen LogP) is 6.13. The van der Waals surface area contributed by atoms with Crippen molar-refractivity contribution in [2.45, 2.75) is 45.6 Å². The summed E-state index contributed by atoms with van der Waals surface area (Å²) >= 11 is 0. The summed E-state index contributed by atoms with van der Waals surface area (Å²) < 4.78 is 16.6. The first-order valence-corrected chi connectivity index (χ1v) is 12.7. The van der Waals surface area contributed by atoms with Crippen LogP contribution < -0.4 is 19.1 Å². The Bertz CT molecular complexity index is 1420. The summed E-state index contributed by atoms with van der Waals surface area (Å²) in [7, 11) is 0. The lowest BCUT2D eigenvalue weighted by molar-refractivity contribution is -0.132. The third-order valence-electron chi connectivity index (χ3n) is 6.75. The number of anilines is 1. The number of fused-ring (bicyclic) bond motifs is 1. The fraction of sp³-hybridized carbons (Fsp3) is 0.290. The standard InChI is InChI=1S/C31H31NO6/c1-5-15-36-23-8-6-7-22(17-23)32-27(19-9-12-21(13-10-19)31(2,3)4)26(29(34)30(32)35)28(33)20-11-14-24-25(16-20)38-18-37-24/h6-14,16-17,27,33H,5,15,18H2,1-4H3/b28-26-. The van der Waals surface area contributed by atoms with Crippen LogP contribution >= 0.6 is 0 Å². The highest BCUT2D eigenvalue weighted by atomic mass is 16.7. The average Bonchev–Trinajstić information content (AvgIpc) is 3.48. The largest absolute Gasteiger partial charge is 0.507 e. The summed E-state index contributed by atoms with van der Waals surface area (Å²) in [5.41, 5.74) is 2.64. The first-order valence-electron chi connectivity index (χ1n) is 12.7. The molecule has 1 saturated heterocycles. The van der Waals surface area contributed by atoms with Crippen LogP contribution in [-0.2, 0) is 15.0 Å². The molecule has 196 valence electrons. The zero-order valence-corrected chi connectivity index (χ0v) is 22.0. The third-order valence-corrected chi connectivity index (χ3v) is 6.75. The van der Waals surface area contributed by atoms with Gasteiger partial charge in [0.25, 0.3) is 11.7 Å². The minimum Gasteiger partial charge on any atom is -0.507 e. The van der Waals surface area contributed by atoms with Crippen LogP contribution in [0.4, 0.5) is 5.69 Å². The van der Waals surface area contributed by atoms with Gasteiger partial charge in [-0.15, -0.1) is 0 Å². The monoisotopic (exact) mass is 513 g/mol. The van der Waals surface area contributed by atoms with Crippen LogP contribution in [0.25, 0.3) is 5.76 Å². The highest BCUT2D eigenvalue weighted by Gasteiger charge is 2.47. The van der Waals surface area contributed by atoms with Crippen LogP contribution in [0, 0.1) is 0 Å². The molecule has 5 rings (SSSR count). The van der Waals surface area contributed by atoms with E-state index in [-0.39, 0.29) is 23.5 Å². The maximum absolute atomic E-state index is 13.5. The fourth-order valence-electron chi connectivity index (χ4n) is 4.72. The van der Waals surface area contributed by atoms with Crippen molar-refractivity contribution in [1.82, 2.24) is 0 Å². The van der Waals surface area contributed by atoms with E-state index >= 15 is 0 Å². The van der Waals surface area contributed by atoms with Crippen molar-refractivity contribution in [3.63, 3.8) is 0 Å². The number of amides is 1. The zero-order valence-electron chi connectivity index (χ0n) is 22.0. The molecule has 7 heteroatoms. The average molecular weight is 514 g/mol. The Kier molecular flexibility index (Phi) is 6.61. The van der Waals surface area contributed by atoms with Crippen LogP contribution in [0.3, 0.4) is 0 Å². The number of aliphatic hydroxyl groups is 1. The number of carbonyl (C=O) groups is 2. The Hall–Kier alpha value is -4.26. The Labute approximate surface area is 222 Å². The fourth-order valence-corrected chi connectivity index (χ4v) is 4.72. The summed E-state index contributed by atoms with van der Waals surface area (Å²) in [5.74, 6) is -0.124. The van der Waals surface area contributed by atoms with Crippen molar-refractivity contribution in [2.75, 3.05) is 18.3 Å². The van der Waals surface area contributed by atoms with Crippen LogP contribution in [0.2, 0.25) is 0 Å². The molecule has 1 unspecified atom stereocenters. The van der Waals surface area contributed by atoms with Gasteiger partial charge in [0.15, 0.2) is 11.5 Å². The van der Waals surface area contributed by atoms with E-state index in [9.17, 15) is 14.7 Å². The molecule has 1 fully saturated rings. The number of hydrogen-bond acceptors (Lipinski definition) is 6. The second-order valence-corrected chi connectivity index (χ2v) is 10.5. The van der Waals surface area contributed by atoms with Crippen molar-refractivity contribution < 1.29 is 28.9 Å². The molecule has 0 aromatic heterocycles. The molecule has 2 aliphatic rings. The molecule has 3 aromatic carbocycles. The third kappa shape index (κ3) is 4.60. The molecule has 1 N–H and O–H groups in total. The van der Waals surface area contributed by atoms with Crippen LogP contribution in [0.5, 0.6) is 17.2 Å². The van der Waals surface area contributed by atoms with Gasteiger partial charge in [-0.2, -0.15) is 0 Å². The van der Waals surface area contributed by atoms with Gasteiger partial charge in [0.2, 0.25) is 6.79 Å². The molecule has 0 radical (unpaired) electrons. The van der Waals surface area contributed by atoms with Crippen molar-refractivity contribution in [3.05, 3.63) is 89.0 Å². The first kappa shape index (κ1) is 25.4. The molecule has 3 aromatic rings. The zero-order chi connectivity index (χ0) is 27.0. The maximum atomic E-state index is 13.5. The molecular formula is C31H31NO6. The van der Waals surface area contributed by atoms with Gasteiger partial charge in [0.05, 0.1) is 18.2 Å².